The first-order chi connectivity index (χ1) is 21.4. The number of aromatic nitrogens is 2. The molecule has 0 aliphatic carbocycles. The van der Waals surface area contributed by atoms with Gasteiger partial charge in [0.1, 0.15) is 17.1 Å². The van der Waals surface area contributed by atoms with Gasteiger partial charge in [-0.1, -0.05) is 80.6 Å². The third-order valence-corrected chi connectivity index (χ3v) is 8.34. The zero-order chi connectivity index (χ0) is 30.3. The summed E-state index contributed by atoms with van der Waals surface area (Å²) in [4.78, 5) is 8.84. The molecule has 4 heterocycles. The van der Waals surface area contributed by atoms with Crippen molar-refractivity contribution < 1.29 is 29.3 Å². The maximum atomic E-state index is 6.41. The first kappa shape index (κ1) is 30.5. The summed E-state index contributed by atoms with van der Waals surface area (Å²) in [6, 6.07) is 41.0. The van der Waals surface area contributed by atoms with E-state index in [0.29, 0.717) is 5.92 Å². The van der Waals surface area contributed by atoms with E-state index in [2.05, 4.69) is 86.2 Å². The van der Waals surface area contributed by atoms with Gasteiger partial charge < -0.3 is 19.1 Å². The number of fused-ring (bicyclic) bond motifs is 5. The molecule has 45 heavy (non-hydrogen) atoms. The second kappa shape index (κ2) is 12.4. The minimum absolute atomic E-state index is 0. The molecule has 1 aliphatic rings. The number of para-hydroxylation sites is 1. The van der Waals surface area contributed by atoms with Gasteiger partial charge in [-0.05, 0) is 41.6 Å². The Labute approximate surface area is 277 Å². The third kappa shape index (κ3) is 5.70. The van der Waals surface area contributed by atoms with E-state index in [1.165, 1.54) is 16.7 Å². The molecule has 8 rings (SSSR count). The molecule has 0 saturated carbocycles. The van der Waals surface area contributed by atoms with Crippen LogP contribution in [0.15, 0.2) is 120 Å². The maximum Gasteiger partial charge on any atom is 0.135 e. The maximum absolute atomic E-state index is 6.41. The SMILES string of the molecule is CC(C)c1ccnc(-c2[c-]ccc3c2oc2cc4c(cc23)C(C)(C)c2ccccc2O4)c1.[Ir].[c-]1ccccc1-c1ccccn1. The molecule has 5 heteroatoms. The first-order valence-corrected chi connectivity index (χ1v) is 14.9. The smallest absolute Gasteiger partial charge is 0.135 e. The topological polar surface area (TPSA) is 48.2 Å². The fourth-order valence-electron chi connectivity index (χ4n) is 5.88. The van der Waals surface area contributed by atoms with Gasteiger partial charge in [0, 0.05) is 60.5 Å². The van der Waals surface area contributed by atoms with Crippen LogP contribution in [0.4, 0.5) is 0 Å². The number of ether oxygens (including phenoxy) is 1. The van der Waals surface area contributed by atoms with Crippen LogP contribution in [-0.4, -0.2) is 9.97 Å². The van der Waals surface area contributed by atoms with Gasteiger partial charge in [0.15, 0.2) is 0 Å². The van der Waals surface area contributed by atoms with E-state index < -0.39 is 0 Å². The monoisotopic (exact) mass is 765 g/mol. The molecule has 3 aromatic heterocycles. The molecule has 0 fully saturated rings. The normalized spacial score (nSPS) is 12.8. The van der Waals surface area contributed by atoms with Crippen LogP contribution in [0.3, 0.4) is 0 Å². The molecule has 0 amide bonds. The summed E-state index contributed by atoms with van der Waals surface area (Å²) in [5.74, 6) is 2.19. The van der Waals surface area contributed by atoms with Gasteiger partial charge in [0.25, 0.3) is 0 Å². The van der Waals surface area contributed by atoms with Crippen LogP contribution < -0.4 is 4.74 Å². The Morgan fingerprint density at radius 1 is 0.689 bits per heavy atom. The van der Waals surface area contributed by atoms with E-state index in [4.69, 9.17) is 9.15 Å². The van der Waals surface area contributed by atoms with Crippen LogP contribution in [0.25, 0.3) is 44.5 Å². The summed E-state index contributed by atoms with van der Waals surface area (Å²) in [6.45, 7) is 8.88. The number of furan rings is 1. The van der Waals surface area contributed by atoms with Gasteiger partial charge in [-0.15, -0.1) is 54.1 Å². The Morgan fingerprint density at radius 2 is 1.49 bits per heavy atom. The van der Waals surface area contributed by atoms with Gasteiger partial charge in [-0.25, -0.2) is 0 Å². The molecule has 0 spiro atoms. The number of pyridine rings is 2. The van der Waals surface area contributed by atoms with E-state index in [1.807, 2.05) is 72.9 Å². The van der Waals surface area contributed by atoms with Crippen LogP contribution in [-0.2, 0) is 25.5 Å². The standard InChI is InChI=1S/C29H24NO2.C11H8N.Ir/c1-17(2)18-12-13-30-24(14-18)20-9-7-8-19-21-15-23-27(16-26(21)32-28(19)20)31-25-11-6-5-10-22(25)29(23,3)4;1-2-6-10(7-3-1)11-8-4-5-9-12-11;/h5-8,10-17H,1-4H3;1-6,8-9H;/q2*-1;. The van der Waals surface area contributed by atoms with Gasteiger partial charge in [0.05, 0.1) is 5.58 Å². The molecule has 7 aromatic rings. The first-order valence-electron chi connectivity index (χ1n) is 14.9. The van der Waals surface area contributed by atoms with Crippen molar-refractivity contribution in [3.63, 3.8) is 0 Å². The van der Waals surface area contributed by atoms with Crippen LogP contribution in [0.5, 0.6) is 11.5 Å². The van der Waals surface area contributed by atoms with Crippen molar-refractivity contribution in [3.8, 4) is 34.0 Å². The second-order valence-corrected chi connectivity index (χ2v) is 11.9. The van der Waals surface area contributed by atoms with Crippen molar-refractivity contribution >= 4 is 21.9 Å². The number of benzene rings is 4. The summed E-state index contributed by atoms with van der Waals surface area (Å²) < 4.78 is 12.7. The Kier molecular flexibility index (Phi) is 8.42. The number of hydrogen-bond acceptors (Lipinski definition) is 4. The Balaban J connectivity index is 0.000000231. The second-order valence-electron chi connectivity index (χ2n) is 11.9. The summed E-state index contributed by atoms with van der Waals surface area (Å²) >= 11 is 0. The fourth-order valence-corrected chi connectivity index (χ4v) is 5.88. The number of rotatable bonds is 3. The predicted molar refractivity (Wildman–Crippen MR) is 177 cm³/mol. The minimum atomic E-state index is -0.168. The number of nitrogens with zero attached hydrogens (tertiary/aromatic N) is 2. The van der Waals surface area contributed by atoms with Crippen molar-refractivity contribution in [1.82, 2.24) is 9.97 Å². The molecule has 4 nitrogen and oxygen atoms in total. The van der Waals surface area contributed by atoms with Crippen molar-refractivity contribution in [2.24, 2.45) is 0 Å². The van der Waals surface area contributed by atoms with E-state index in [-0.39, 0.29) is 25.5 Å². The third-order valence-electron chi connectivity index (χ3n) is 8.34. The Morgan fingerprint density at radius 3 is 2.27 bits per heavy atom. The summed E-state index contributed by atoms with van der Waals surface area (Å²) in [7, 11) is 0. The van der Waals surface area contributed by atoms with Gasteiger partial charge >= 0.3 is 0 Å². The molecule has 0 unspecified atom stereocenters. The van der Waals surface area contributed by atoms with Crippen LogP contribution in [0, 0.1) is 12.1 Å². The van der Waals surface area contributed by atoms with E-state index in [1.54, 1.807) is 6.20 Å². The Bertz CT molecular complexity index is 2060. The fraction of sp³-hybridized carbons (Fsp3) is 0.150. The summed E-state index contributed by atoms with van der Waals surface area (Å²) in [5, 5.41) is 2.16. The van der Waals surface area contributed by atoms with E-state index >= 15 is 0 Å². The number of hydrogen-bond donors (Lipinski definition) is 0. The van der Waals surface area contributed by atoms with Gasteiger partial charge in [-0.2, -0.15) is 0 Å². The van der Waals surface area contributed by atoms with E-state index in [9.17, 15) is 0 Å². The van der Waals surface area contributed by atoms with Crippen LogP contribution in [0.2, 0.25) is 0 Å². The molecule has 0 saturated heterocycles. The van der Waals surface area contributed by atoms with Crippen molar-refractivity contribution in [2.75, 3.05) is 0 Å². The van der Waals surface area contributed by atoms with Gasteiger partial charge in [0.2, 0.25) is 0 Å². The molecular weight excluding hydrogens is 733 g/mol. The molecule has 0 bridgehead atoms. The van der Waals surface area contributed by atoms with Crippen molar-refractivity contribution in [3.05, 3.63) is 144 Å². The van der Waals surface area contributed by atoms with E-state index in [0.717, 1.165) is 56.0 Å². The average molecular weight is 765 g/mol. The largest absolute Gasteiger partial charge is 0.500 e. The molecule has 225 valence electrons. The molecule has 1 radical (unpaired) electrons. The molecule has 1 aliphatic heterocycles. The average Bonchev–Trinajstić information content (AvgIpc) is 3.43. The molecule has 0 N–H and O–H groups in total. The minimum Gasteiger partial charge on any atom is -0.500 e. The van der Waals surface area contributed by atoms with Crippen LogP contribution >= 0.6 is 0 Å². The Hall–Kier alpha value is -4.57. The zero-order valence-electron chi connectivity index (χ0n) is 25.6. The molecule has 4 aromatic carbocycles. The van der Waals surface area contributed by atoms with Crippen molar-refractivity contribution in [1.29, 1.82) is 0 Å². The quantitative estimate of drug-likeness (QED) is 0.168. The van der Waals surface area contributed by atoms with Crippen molar-refractivity contribution in [2.45, 2.75) is 39.0 Å². The van der Waals surface area contributed by atoms with Crippen LogP contribution in [0.1, 0.15) is 50.3 Å². The summed E-state index contributed by atoms with van der Waals surface area (Å²) in [6.07, 6.45) is 3.66. The molecular formula is C40H32IrN2O2-2. The summed E-state index contributed by atoms with van der Waals surface area (Å²) in [5.41, 5.74) is 8.86. The molecule has 0 atom stereocenters. The van der Waals surface area contributed by atoms with Gasteiger partial charge in [-0.3, -0.25) is 0 Å². The predicted octanol–water partition coefficient (Wildman–Crippen LogP) is 10.5. The zero-order valence-corrected chi connectivity index (χ0v) is 28.0.